The molecule has 0 radical (unpaired) electrons. The summed E-state index contributed by atoms with van der Waals surface area (Å²) < 4.78 is 5.54. The number of rotatable bonds is 8. The van der Waals surface area contributed by atoms with Gasteiger partial charge in [0.2, 0.25) is 0 Å². The van der Waals surface area contributed by atoms with Crippen LogP contribution in [0.2, 0.25) is 0 Å². The Balaban J connectivity index is 2.48. The molecule has 0 saturated carbocycles. The first-order chi connectivity index (χ1) is 9.02. The van der Waals surface area contributed by atoms with E-state index in [4.69, 9.17) is 9.84 Å². The van der Waals surface area contributed by atoms with Gasteiger partial charge >= 0.3 is 5.97 Å². The number of aromatic carboxylic acids is 1. The van der Waals surface area contributed by atoms with Crippen molar-refractivity contribution in [3.8, 4) is 5.75 Å². The van der Waals surface area contributed by atoms with Crippen molar-refractivity contribution in [3.05, 3.63) is 29.8 Å². The van der Waals surface area contributed by atoms with Crippen LogP contribution in [0, 0.1) is 0 Å². The van der Waals surface area contributed by atoms with Gasteiger partial charge < -0.3 is 15.2 Å². The predicted octanol–water partition coefficient (Wildman–Crippen LogP) is 2.93. The average molecular weight is 265 g/mol. The molecular weight excluding hydrogens is 242 g/mol. The highest BCUT2D eigenvalue weighted by Gasteiger charge is 2.18. The number of para-hydroxylation sites is 1. The van der Waals surface area contributed by atoms with E-state index in [1.807, 2.05) is 0 Å². The summed E-state index contributed by atoms with van der Waals surface area (Å²) in [6.45, 7) is 7.64. The molecule has 0 aliphatic heterocycles. The molecule has 0 amide bonds. The second-order valence-electron chi connectivity index (χ2n) is 4.84. The van der Waals surface area contributed by atoms with E-state index >= 15 is 0 Å². The molecule has 4 nitrogen and oxygen atoms in total. The number of benzene rings is 1. The second-order valence-corrected chi connectivity index (χ2v) is 4.84. The predicted molar refractivity (Wildman–Crippen MR) is 75.9 cm³/mol. The lowest BCUT2D eigenvalue weighted by molar-refractivity contribution is 0.0692. The minimum Gasteiger partial charge on any atom is -0.491 e. The van der Waals surface area contributed by atoms with Crippen LogP contribution < -0.4 is 10.1 Å². The Labute approximate surface area is 114 Å². The highest BCUT2D eigenvalue weighted by molar-refractivity contribution is 5.90. The molecule has 1 aromatic carbocycles. The molecule has 0 heterocycles. The number of hydrogen-bond donors (Lipinski definition) is 2. The number of carboxylic acids is 1. The first-order valence-electron chi connectivity index (χ1n) is 6.72. The van der Waals surface area contributed by atoms with Crippen LogP contribution in [0.1, 0.15) is 44.0 Å². The Morgan fingerprint density at radius 2 is 1.95 bits per heavy atom. The molecule has 0 bridgehead atoms. The largest absolute Gasteiger partial charge is 0.491 e. The molecule has 0 aliphatic rings. The molecule has 106 valence electrons. The van der Waals surface area contributed by atoms with E-state index in [0.717, 1.165) is 12.8 Å². The van der Waals surface area contributed by atoms with Crippen LogP contribution in [-0.2, 0) is 0 Å². The van der Waals surface area contributed by atoms with Crippen LogP contribution in [-0.4, -0.2) is 29.8 Å². The summed E-state index contributed by atoms with van der Waals surface area (Å²) in [6, 6.07) is 6.70. The summed E-state index contributed by atoms with van der Waals surface area (Å²) in [5.41, 5.74) is 0.326. The lowest BCUT2D eigenvalue weighted by atomic mass is 9.96. The summed E-state index contributed by atoms with van der Waals surface area (Å²) in [4.78, 5) is 11.0. The zero-order chi connectivity index (χ0) is 14.3. The van der Waals surface area contributed by atoms with E-state index in [0.29, 0.717) is 18.9 Å². The van der Waals surface area contributed by atoms with Gasteiger partial charge in [-0.2, -0.15) is 0 Å². The van der Waals surface area contributed by atoms with E-state index < -0.39 is 5.97 Å². The van der Waals surface area contributed by atoms with Crippen LogP contribution in [0.25, 0.3) is 0 Å². The maximum atomic E-state index is 11.0. The fraction of sp³-hybridized carbons (Fsp3) is 0.533. The van der Waals surface area contributed by atoms with Crippen molar-refractivity contribution in [1.82, 2.24) is 5.32 Å². The van der Waals surface area contributed by atoms with Crippen molar-refractivity contribution in [1.29, 1.82) is 0 Å². The van der Waals surface area contributed by atoms with Crippen molar-refractivity contribution < 1.29 is 14.6 Å². The highest BCUT2D eigenvalue weighted by Crippen LogP contribution is 2.18. The molecular formula is C15H23NO3. The molecule has 0 aliphatic carbocycles. The smallest absolute Gasteiger partial charge is 0.339 e. The van der Waals surface area contributed by atoms with Gasteiger partial charge in [0, 0.05) is 12.1 Å². The first-order valence-corrected chi connectivity index (χ1v) is 6.72. The lowest BCUT2D eigenvalue weighted by Gasteiger charge is -2.28. The molecule has 0 atom stereocenters. The molecule has 0 unspecified atom stereocenters. The standard InChI is InChI=1S/C15H23NO3/c1-4-15(3,5-2)16-10-11-19-13-9-7-6-8-12(13)14(17)18/h6-9,16H,4-5,10-11H2,1-3H3,(H,17,18). The molecule has 2 N–H and O–H groups in total. The van der Waals surface area contributed by atoms with Gasteiger partial charge in [0.15, 0.2) is 0 Å². The topological polar surface area (TPSA) is 58.6 Å². The summed E-state index contributed by atoms with van der Waals surface area (Å²) in [5.74, 6) is -0.540. The summed E-state index contributed by atoms with van der Waals surface area (Å²) in [5, 5.41) is 12.5. The molecule has 1 aromatic rings. The van der Waals surface area contributed by atoms with Crippen molar-refractivity contribution in [3.63, 3.8) is 0 Å². The van der Waals surface area contributed by atoms with Crippen LogP contribution in [0.3, 0.4) is 0 Å². The normalized spacial score (nSPS) is 11.3. The van der Waals surface area contributed by atoms with Gasteiger partial charge in [0.25, 0.3) is 0 Å². The molecule has 0 saturated heterocycles. The molecule has 1 rings (SSSR count). The first kappa shape index (κ1) is 15.5. The maximum absolute atomic E-state index is 11.0. The Bertz CT molecular complexity index is 414. The van der Waals surface area contributed by atoms with Crippen molar-refractivity contribution >= 4 is 5.97 Å². The average Bonchev–Trinajstić information content (AvgIpc) is 2.43. The Hall–Kier alpha value is -1.55. The quantitative estimate of drug-likeness (QED) is 0.710. The fourth-order valence-electron chi connectivity index (χ4n) is 1.78. The summed E-state index contributed by atoms with van der Waals surface area (Å²) in [7, 11) is 0. The minimum atomic E-state index is -0.962. The zero-order valence-corrected chi connectivity index (χ0v) is 11.9. The fourth-order valence-corrected chi connectivity index (χ4v) is 1.78. The van der Waals surface area contributed by atoms with Gasteiger partial charge in [-0.1, -0.05) is 26.0 Å². The van der Waals surface area contributed by atoms with Crippen LogP contribution in [0.4, 0.5) is 0 Å². The van der Waals surface area contributed by atoms with E-state index in [2.05, 4.69) is 26.1 Å². The number of carboxylic acid groups (broad SMARTS) is 1. The van der Waals surface area contributed by atoms with E-state index in [9.17, 15) is 4.79 Å². The minimum absolute atomic E-state index is 0.121. The van der Waals surface area contributed by atoms with E-state index in [1.165, 1.54) is 0 Å². The van der Waals surface area contributed by atoms with Gasteiger partial charge in [-0.05, 0) is 31.9 Å². The van der Waals surface area contributed by atoms with Crippen molar-refractivity contribution in [2.45, 2.75) is 39.2 Å². The Morgan fingerprint density at radius 3 is 2.53 bits per heavy atom. The summed E-state index contributed by atoms with van der Waals surface area (Å²) in [6.07, 6.45) is 2.10. The van der Waals surface area contributed by atoms with Gasteiger partial charge in [-0.15, -0.1) is 0 Å². The third-order valence-electron chi connectivity index (χ3n) is 3.59. The van der Waals surface area contributed by atoms with Gasteiger partial charge in [0.05, 0.1) is 0 Å². The van der Waals surface area contributed by atoms with Crippen molar-refractivity contribution in [2.75, 3.05) is 13.2 Å². The zero-order valence-electron chi connectivity index (χ0n) is 11.9. The SMILES string of the molecule is CCC(C)(CC)NCCOc1ccccc1C(=O)O. The number of carbonyl (C=O) groups is 1. The molecule has 0 spiro atoms. The van der Waals surface area contributed by atoms with Gasteiger partial charge in [-0.3, -0.25) is 0 Å². The molecule has 0 aromatic heterocycles. The van der Waals surface area contributed by atoms with Gasteiger partial charge in [0.1, 0.15) is 17.9 Å². The highest BCUT2D eigenvalue weighted by atomic mass is 16.5. The molecule has 4 heteroatoms. The van der Waals surface area contributed by atoms with E-state index in [1.54, 1.807) is 24.3 Å². The van der Waals surface area contributed by atoms with Gasteiger partial charge in [-0.25, -0.2) is 4.79 Å². The van der Waals surface area contributed by atoms with Crippen LogP contribution in [0.5, 0.6) is 5.75 Å². The van der Waals surface area contributed by atoms with Crippen LogP contribution in [0.15, 0.2) is 24.3 Å². The molecule has 0 fully saturated rings. The Kier molecular flexibility index (Phi) is 5.83. The third-order valence-corrected chi connectivity index (χ3v) is 3.59. The van der Waals surface area contributed by atoms with Crippen LogP contribution >= 0.6 is 0 Å². The monoisotopic (exact) mass is 265 g/mol. The van der Waals surface area contributed by atoms with Crippen molar-refractivity contribution in [2.24, 2.45) is 0 Å². The lowest BCUT2D eigenvalue weighted by Crippen LogP contribution is -2.43. The number of ether oxygens (including phenoxy) is 1. The third kappa shape index (κ3) is 4.56. The van der Waals surface area contributed by atoms with E-state index in [-0.39, 0.29) is 11.1 Å². The number of nitrogens with one attached hydrogen (secondary N) is 1. The Morgan fingerprint density at radius 1 is 1.32 bits per heavy atom. The maximum Gasteiger partial charge on any atom is 0.339 e. The summed E-state index contributed by atoms with van der Waals surface area (Å²) >= 11 is 0. The second kappa shape index (κ2) is 7.14. The number of hydrogen-bond acceptors (Lipinski definition) is 3. The molecule has 19 heavy (non-hydrogen) atoms.